The Morgan fingerprint density at radius 1 is 1.30 bits per heavy atom. The molecule has 1 aliphatic heterocycles. The van der Waals surface area contributed by atoms with Crippen LogP contribution >= 0.6 is 0 Å². The van der Waals surface area contributed by atoms with Crippen molar-refractivity contribution in [1.82, 2.24) is 25.0 Å². The second-order valence-electron chi connectivity index (χ2n) is 6.06. The number of rotatable bonds is 5. The van der Waals surface area contributed by atoms with Gasteiger partial charge < -0.3 is 10.2 Å². The fraction of sp³-hybridized carbons (Fsp3) is 0.471. The molecule has 0 unspecified atom stereocenters. The monoisotopic (exact) mass is 313 g/mol. The Morgan fingerprint density at radius 2 is 2.04 bits per heavy atom. The van der Waals surface area contributed by atoms with Gasteiger partial charge >= 0.3 is 0 Å². The van der Waals surface area contributed by atoms with Crippen molar-refractivity contribution in [3.8, 4) is 0 Å². The SMILES string of the molecule is CN(CCc1ccncc1)C(=O)C1(n2cccn2)CCNCC1. The lowest BCUT2D eigenvalue weighted by Crippen LogP contribution is -2.55. The Kier molecular flexibility index (Phi) is 4.71. The topological polar surface area (TPSA) is 63.1 Å². The number of nitrogens with zero attached hydrogens (tertiary/aromatic N) is 4. The summed E-state index contributed by atoms with van der Waals surface area (Å²) in [7, 11) is 1.89. The van der Waals surface area contributed by atoms with Gasteiger partial charge in [-0.05, 0) is 56.1 Å². The van der Waals surface area contributed by atoms with Crippen LogP contribution in [0.25, 0.3) is 0 Å². The van der Waals surface area contributed by atoms with E-state index in [1.807, 2.05) is 41.0 Å². The largest absolute Gasteiger partial charge is 0.343 e. The molecule has 6 nitrogen and oxygen atoms in total. The van der Waals surface area contributed by atoms with Crippen molar-refractivity contribution in [2.45, 2.75) is 24.8 Å². The quantitative estimate of drug-likeness (QED) is 0.896. The van der Waals surface area contributed by atoms with Gasteiger partial charge in [-0.1, -0.05) is 0 Å². The summed E-state index contributed by atoms with van der Waals surface area (Å²) in [6.45, 7) is 2.37. The summed E-state index contributed by atoms with van der Waals surface area (Å²) in [5.74, 6) is 0.150. The molecule has 0 bridgehead atoms. The third-order valence-corrected chi connectivity index (χ3v) is 4.60. The third-order valence-electron chi connectivity index (χ3n) is 4.60. The molecular weight excluding hydrogens is 290 g/mol. The number of piperidine rings is 1. The predicted octanol–water partition coefficient (Wildman–Crippen LogP) is 1.06. The first-order chi connectivity index (χ1) is 11.2. The Morgan fingerprint density at radius 3 is 2.70 bits per heavy atom. The van der Waals surface area contributed by atoms with Crippen molar-refractivity contribution < 1.29 is 4.79 Å². The molecule has 3 rings (SSSR count). The zero-order chi connectivity index (χ0) is 16.1. The first kappa shape index (κ1) is 15.7. The molecule has 3 heterocycles. The standard InChI is InChI=1S/C17H23N5O/c1-21(14-5-15-3-9-18-10-4-15)16(23)17(6-11-19-12-7-17)22-13-2-8-20-22/h2-4,8-10,13,19H,5-7,11-12,14H2,1H3. The smallest absolute Gasteiger partial charge is 0.250 e. The fourth-order valence-corrected chi connectivity index (χ4v) is 3.21. The molecule has 1 N–H and O–H groups in total. The van der Waals surface area contributed by atoms with E-state index in [0.717, 1.165) is 32.4 Å². The van der Waals surface area contributed by atoms with Crippen LogP contribution in [0.3, 0.4) is 0 Å². The maximum atomic E-state index is 13.2. The summed E-state index contributed by atoms with van der Waals surface area (Å²) in [5.41, 5.74) is 0.639. The zero-order valence-corrected chi connectivity index (χ0v) is 13.5. The van der Waals surface area contributed by atoms with Gasteiger partial charge in [-0.3, -0.25) is 14.5 Å². The molecule has 1 saturated heterocycles. The molecule has 0 radical (unpaired) electrons. The number of carbonyl (C=O) groups is 1. The maximum Gasteiger partial charge on any atom is 0.250 e. The van der Waals surface area contributed by atoms with Crippen LogP contribution in [0, 0.1) is 0 Å². The van der Waals surface area contributed by atoms with Gasteiger partial charge in [-0.2, -0.15) is 5.10 Å². The summed E-state index contributed by atoms with van der Waals surface area (Å²) in [6.07, 6.45) is 9.59. The van der Waals surface area contributed by atoms with E-state index in [1.54, 1.807) is 18.6 Å². The van der Waals surface area contributed by atoms with Crippen LogP contribution in [-0.2, 0) is 16.8 Å². The van der Waals surface area contributed by atoms with E-state index >= 15 is 0 Å². The number of aromatic nitrogens is 3. The first-order valence-corrected chi connectivity index (χ1v) is 8.08. The van der Waals surface area contributed by atoms with Gasteiger partial charge in [-0.15, -0.1) is 0 Å². The number of pyridine rings is 1. The summed E-state index contributed by atoms with van der Waals surface area (Å²) in [4.78, 5) is 19.0. The lowest BCUT2D eigenvalue weighted by atomic mass is 9.87. The van der Waals surface area contributed by atoms with Gasteiger partial charge in [0.05, 0.1) is 0 Å². The van der Waals surface area contributed by atoms with Gasteiger partial charge in [0.2, 0.25) is 5.91 Å². The number of nitrogens with one attached hydrogen (secondary N) is 1. The zero-order valence-electron chi connectivity index (χ0n) is 13.5. The molecule has 0 spiro atoms. The summed E-state index contributed by atoms with van der Waals surface area (Å²) in [5, 5.41) is 7.70. The highest BCUT2D eigenvalue weighted by molar-refractivity contribution is 5.84. The van der Waals surface area contributed by atoms with Crippen LogP contribution in [0.15, 0.2) is 43.0 Å². The van der Waals surface area contributed by atoms with Crippen molar-refractivity contribution in [2.75, 3.05) is 26.7 Å². The van der Waals surface area contributed by atoms with E-state index in [9.17, 15) is 4.79 Å². The molecule has 0 saturated carbocycles. The van der Waals surface area contributed by atoms with Crippen molar-refractivity contribution >= 4 is 5.91 Å². The highest BCUT2D eigenvalue weighted by Gasteiger charge is 2.43. The Hall–Kier alpha value is -2.21. The van der Waals surface area contributed by atoms with Crippen molar-refractivity contribution in [1.29, 1.82) is 0 Å². The van der Waals surface area contributed by atoms with Crippen LogP contribution in [0.2, 0.25) is 0 Å². The second kappa shape index (κ2) is 6.91. The summed E-state index contributed by atoms with van der Waals surface area (Å²) < 4.78 is 1.85. The minimum Gasteiger partial charge on any atom is -0.343 e. The Balaban J connectivity index is 1.73. The normalized spacial score (nSPS) is 16.9. The fourth-order valence-electron chi connectivity index (χ4n) is 3.21. The molecule has 0 aromatic carbocycles. The summed E-state index contributed by atoms with van der Waals surface area (Å²) in [6, 6.07) is 5.87. The Bertz CT molecular complexity index is 620. The molecule has 1 aliphatic rings. The van der Waals surface area contributed by atoms with Crippen LogP contribution in [-0.4, -0.2) is 52.3 Å². The molecular formula is C17H23N5O. The molecule has 2 aromatic rings. The molecule has 6 heteroatoms. The van der Waals surface area contributed by atoms with E-state index in [4.69, 9.17) is 0 Å². The van der Waals surface area contributed by atoms with Crippen LogP contribution < -0.4 is 5.32 Å². The molecule has 0 atom stereocenters. The molecule has 1 amide bonds. The van der Waals surface area contributed by atoms with Gasteiger partial charge in [0, 0.05) is 38.4 Å². The minimum atomic E-state index is -0.554. The lowest BCUT2D eigenvalue weighted by molar-refractivity contribution is -0.141. The van der Waals surface area contributed by atoms with E-state index in [0.29, 0.717) is 6.54 Å². The van der Waals surface area contributed by atoms with E-state index in [2.05, 4.69) is 15.4 Å². The van der Waals surface area contributed by atoms with E-state index in [1.165, 1.54) is 5.56 Å². The average Bonchev–Trinajstić information content (AvgIpc) is 3.15. The molecule has 2 aromatic heterocycles. The van der Waals surface area contributed by atoms with Gasteiger partial charge in [0.1, 0.15) is 5.54 Å². The van der Waals surface area contributed by atoms with Crippen molar-refractivity contribution in [3.05, 3.63) is 48.5 Å². The minimum absolute atomic E-state index is 0.150. The van der Waals surface area contributed by atoms with Crippen molar-refractivity contribution in [2.24, 2.45) is 0 Å². The lowest BCUT2D eigenvalue weighted by Gasteiger charge is -2.39. The Labute approximate surface area is 136 Å². The summed E-state index contributed by atoms with van der Waals surface area (Å²) >= 11 is 0. The van der Waals surface area contributed by atoms with Crippen LogP contribution in [0.4, 0.5) is 0 Å². The maximum absolute atomic E-state index is 13.2. The van der Waals surface area contributed by atoms with Crippen LogP contribution in [0.5, 0.6) is 0 Å². The van der Waals surface area contributed by atoms with Gasteiger partial charge in [-0.25, -0.2) is 0 Å². The number of likely N-dealkylation sites (N-methyl/N-ethyl adjacent to an activating group) is 1. The van der Waals surface area contributed by atoms with E-state index in [-0.39, 0.29) is 5.91 Å². The number of carbonyl (C=O) groups excluding carboxylic acids is 1. The first-order valence-electron chi connectivity index (χ1n) is 8.08. The molecule has 122 valence electrons. The average molecular weight is 313 g/mol. The highest BCUT2D eigenvalue weighted by Crippen LogP contribution is 2.29. The van der Waals surface area contributed by atoms with Gasteiger partial charge in [0.15, 0.2) is 0 Å². The molecule has 23 heavy (non-hydrogen) atoms. The predicted molar refractivity (Wildman–Crippen MR) is 87.9 cm³/mol. The van der Waals surface area contributed by atoms with E-state index < -0.39 is 5.54 Å². The second-order valence-corrected chi connectivity index (χ2v) is 6.06. The highest BCUT2D eigenvalue weighted by atomic mass is 16.2. The molecule has 0 aliphatic carbocycles. The van der Waals surface area contributed by atoms with Crippen LogP contribution in [0.1, 0.15) is 18.4 Å². The number of hydrogen-bond acceptors (Lipinski definition) is 4. The van der Waals surface area contributed by atoms with Gasteiger partial charge in [0.25, 0.3) is 0 Å². The third kappa shape index (κ3) is 3.27. The molecule has 1 fully saturated rings. The van der Waals surface area contributed by atoms with Crippen molar-refractivity contribution in [3.63, 3.8) is 0 Å². The number of hydrogen-bond donors (Lipinski definition) is 1. The number of amides is 1.